The zero-order valence-corrected chi connectivity index (χ0v) is 16.1. The molecule has 7 heteroatoms. The van der Waals surface area contributed by atoms with Gasteiger partial charge in [-0.2, -0.15) is 0 Å². The Balaban J connectivity index is 1.55. The Kier molecular flexibility index (Phi) is 6.16. The van der Waals surface area contributed by atoms with E-state index in [-0.39, 0.29) is 23.6 Å². The van der Waals surface area contributed by atoms with E-state index < -0.39 is 0 Å². The van der Waals surface area contributed by atoms with E-state index in [9.17, 15) is 14.7 Å². The maximum atomic E-state index is 12.6. The summed E-state index contributed by atoms with van der Waals surface area (Å²) in [5.41, 5.74) is 1.19. The third-order valence-electron chi connectivity index (χ3n) is 5.01. The van der Waals surface area contributed by atoms with Crippen LogP contribution in [0.3, 0.4) is 0 Å². The number of phenolic OH excluding ortho intramolecular Hbond substituents is 1. The molecule has 2 aromatic rings. The van der Waals surface area contributed by atoms with Crippen LogP contribution in [0, 0.1) is 0 Å². The van der Waals surface area contributed by atoms with E-state index in [1.54, 1.807) is 36.3 Å². The van der Waals surface area contributed by atoms with Gasteiger partial charge >= 0.3 is 0 Å². The van der Waals surface area contributed by atoms with E-state index in [2.05, 4.69) is 10.2 Å². The van der Waals surface area contributed by atoms with Crippen molar-refractivity contribution in [1.29, 1.82) is 0 Å². The molecule has 7 nitrogen and oxygen atoms in total. The second kappa shape index (κ2) is 8.75. The van der Waals surface area contributed by atoms with Crippen molar-refractivity contribution in [2.24, 2.45) is 0 Å². The minimum absolute atomic E-state index is 0.0641. The largest absolute Gasteiger partial charge is 0.508 e. The molecule has 0 radical (unpaired) electrons. The van der Waals surface area contributed by atoms with Crippen LogP contribution in [0.4, 0.5) is 5.69 Å². The lowest BCUT2D eigenvalue weighted by Crippen LogP contribution is -2.54. The topological polar surface area (TPSA) is 82.1 Å². The molecule has 148 valence electrons. The van der Waals surface area contributed by atoms with Crippen molar-refractivity contribution in [2.75, 3.05) is 38.6 Å². The number of piperazine rings is 1. The molecule has 3 rings (SSSR count). The van der Waals surface area contributed by atoms with Crippen LogP contribution in [0.5, 0.6) is 11.5 Å². The molecule has 0 bridgehead atoms. The summed E-state index contributed by atoms with van der Waals surface area (Å²) in [6.45, 7) is 4.19. The highest BCUT2D eigenvalue weighted by Crippen LogP contribution is 2.23. The van der Waals surface area contributed by atoms with E-state index in [0.717, 1.165) is 0 Å². The number of aromatic hydroxyl groups is 1. The van der Waals surface area contributed by atoms with Crippen LogP contribution < -0.4 is 10.1 Å². The fourth-order valence-corrected chi connectivity index (χ4v) is 3.25. The number of rotatable bonds is 5. The molecule has 1 unspecified atom stereocenters. The second-order valence-corrected chi connectivity index (χ2v) is 6.74. The van der Waals surface area contributed by atoms with Crippen LogP contribution in [-0.4, -0.2) is 66.1 Å². The molecule has 0 spiro atoms. The van der Waals surface area contributed by atoms with E-state index in [1.165, 1.54) is 12.1 Å². The number of phenols is 1. The van der Waals surface area contributed by atoms with Gasteiger partial charge in [0.25, 0.3) is 5.91 Å². The monoisotopic (exact) mass is 383 g/mol. The number of anilines is 1. The summed E-state index contributed by atoms with van der Waals surface area (Å²) < 4.78 is 5.27. The van der Waals surface area contributed by atoms with Gasteiger partial charge in [-0.3, -0.25) is 14.5 Å². The minimum Gasteiger partial charge on any atom is -0.508 e. The van der Waals surface area contributed by atoms with Crippen LogP contribution in [-0.2, 0) is 4.79 Å². The smallest absolute Gasteiger partial charge is 0.253 e. The van der Waals surface area contributed by atoms with Crippen molar-refractivity contribution in [3.63, 3.8) is 0 Å². The Bertz CT molecular complexity index is 830. The number of hydrogen-bond donors (Lipinski definition) is 2. The summed E-state index contributed by atoms with van der Waals surface area (Å²) in [5, 5.41) is 12.3. The van der Waals surface area contributed by atoms with Gasteiger partial charge in [0.15, 0.2) is 0 Å². The number of methoxy groups -OCH3 is 1. The maximum absolute atomic E-state index is 12.6. The van der Waals surface area contributed by atoms with Gasteiger partial charge in [-0.05, 0) is 43.3 Å². The highest BCUT2D eigenvalue weighted by atomic mass is 16.5. The number of nitrogens with one attached hydrogen (secondary N) is 1. The first-order valence-electron chi connectivity index (χ1n) is 9.26. The molecule has 0 aromatic heterocycles. The predicted octanol–water partition coefficient (Wildman–Crippen LogP) is 2.19. The van der Waals surface area contributed by atoms with Gasteiger partial charge in [-0.25, -0.2) is 0 Å². The molecule has 1 atom stereocenters. The zero-order valence-electron chi connectivity index (χ0n) is 16.1. The summed E-state index contributed by atoms with van der Waals surface area (Å²) in [7, 11) is 1.57. The molecule has 1 saturated heterocycles. The second-order valence-electron chi connectivity index (χ2n) is 6.74. The fraction of sp³-hybridized carbons (Fsp3) is 0.333. The number of ether oxygens (including phenoxy) is 1. The van der Waals surface area contributed by atoms with Crippen LogP contribution in [0.1, 0.15) is 17.3 Å². The van der Waals surface area contributed by atoms with E-state index in [4.69, 9.17) is 4.74 Å². The average molecular weight is 383 g/mol. The summed E-state index contributed by atoms with van der Waals surface area (Å²) in [4.78, 5) is 29.0. The van der Waals surface area contributed by atoms with Crippen LogP contribution in [0.2, 0.25) is 0 Å². The summed E-state index contributed by atoms with van der Waals surface area (Å²) >= 11 is 0. The maximum Gasteiger partial charge on any atom is 0.253 e. The van der Waals surface area contributed by atoms with Gasteiger partial charge in [0.1, 0.15) is 11.5 Å². The molecule has 0 saturated carbocycles. The van der Waals surface area contributed by atoms with Crippen molar-refractivity contribution >= 4 is 17.5 Å². The Morgan fingerprint density at radius 1 is 1.04 bits per heavy atom. The molecular weight excluding hydrogens is 358 g/mol. The highest BCUT2D eigenvalue weighted by molar-refractivity contribution is 5.96. The molecule has 2 amide bonds. The van der Waals surface area contributed by atoms with Crippen molar-refractivity contribution in [2.45, 2.75) is 13.0 Å². The first kappa shape index (κ1) is 19.7. The van der Waals surface area contributed by atoms with Crippen LogP contribution in [0.25, 0.3) is 0 Å². The predicted molar refractivity (Wildman–Crippen MR) is 107 cm³/mol. The SMILES string of the molecule is COc1ccccc1NC(=O)C(C)N1CCN(C(=O)c2ccc(O)cc2)CC1. The lowest BCUT2D eigenvalue weighted by atomic mass is 10.1. The van der Waals surface area contributed by atoms with Crippen molar-refractivity contribution < 1.29 is 19.4 Å². The molecule has 1 heterocycles. The number of benzene rings is 2. The Morgan fingerprint density at radius 3 is 2.32 bits per heavy atom. The van der Waals surface area contributed by atoms with Gasteiger partial charge < -0.3 is 20.1 Å². The quantitative estimate of drug-likeness (QED) is 0.827. The zero-order chi connectivity index (χ0) is 20.1. The first-order valence-corrected chi connectivity index (χ1v) is 9.26. The third kappa shape index (κ3) is 4.43. The van der Waals surface area contributed by atoms with E-state index in [1.807, 2.05) is 19.1 Å². The molecule has 28 heavy (non-hydrogen) atoms. The lowest BCUT2D eigenvalue weighted by molar-refractivity contribution is -0.121. The molecule has 2 N–H and O–H groups in total. The van der Waals surface area contributed by atoms with Crippen LogP contribution >= 0.6 is 0 Å². The summed E-state index contributed by atoms with van der Waals surface area (Å²) in [5.74, 6) is 0.581. The summed E-state index contributed by atoms with van der Waals surface area (Å²) in [6, 6.07) is 13.2. The standard InChI is InChI=1S/C21H25N3O4/c1-15(20(26)22-18-5-3-4-6-19(18)28-2)23-11-13-24(14-12-23)21(27)16-7-9-17(25)10-8-16/h3-10,15,25H,11-14H2,1-2H3,(H,22,26). The number of nitrogens with zero attached hydrogens (tertiary/aromatic N) is 2. The molecule has 1 aliphatic heterocycles. The number of carbonyl (C=O) groups is 2. The minimum atomic E-state index is -0.323. The highest BCUT2D eigenvalue weighted by Gasteiger charge is 2.28. The Hall–Kier alpha value is -3.06. The third-order valence-corrected chi connectivity index (χ3v) is 5.01. The van der Waals surface area contributed by atoms with Gasteiger partial charge in [0, 0.05) is 31.7 Å². The fourth-order valence-electron chi connectivity index (χ4n) is 3.25. The summed E-state index contributed by atoms with van der Waals surface area (Å²) in [6.07, 6.45) is 0. The number of hydrogen-bond acceptors (Lipinski definition) is 5. The number of carbonyl (C=O) groups excluding carboxylic acids is 2. The number of amides is 2. The molecule has 0 aliphatic carbocycles. The van der Waals surface area contributed by atoms with Crippen molar-refractivity contribution in [3.05, 3.63) is 54.1 Å². The van der Waals surface area contributed by atoms with Crippen molar-refractivity contribution in [3.8, 4) is 11.5 Å². The first-order chi connectivity index (χ1) is 13.5. The van der Waals surface area contributed by atoms with Gasteiger partial charge in [-0.1, -0.05) is 12.1 Å². The average Bonchev–Trinajstić information content (AvgIpc) is 2.73. The van der Waals surface area contributed by atoms with E-state index in [0.29, 0.717) is 43.2 Å². The van der Waals surface area contributed by atoms with Crippen molar-refractivity contribution in [1.82, 2.24) is 9.80 Å². The number of para-hydroxylation sites is 2. The van der Waals surface area contributed by atoms with Gasteiger partial charge in [0.2, 0.25) is 5.91 Å². The van der Waals surface area contributed by atoms with Crippen LogP contribution in [0.15, 0.2) is 48.5 Å². The molecule has 1 fully saturated rings. The van der Waals surface area contributed by atoms with Gasteiger partial charge in [0.05, 0.1) is 18.8 Å². The lowest BCUT2D eigenvalue weighted by Gasteiger charge is -2.37. The molecule has 1 aliphatic rings. The Morgan fingerprint density at radius 2 is 1.68 bits per heavy atom. The molecule has 2 aromatic carbocycles. The normalized spacial score (nSPS) is 15.7. The Labute approximate surface area is 164 Å². The van der Waals surface area contributed by atoms with Gasteiger partial charge in [-0.15, -0.1) is 0 Å². The van der Waals surface area contributed by atoms with E-state index >= 15 is 0 Å². The molecular formula is C21H25N3O4.